The molecule has 25 heavy (non-hydrogen) atoms. The lowest BCUT2D eigenvalue weighted by Crippen LogP contribution is -2.43. The SMILES string of the molecule is Cc1ccc(Cl)c2c(N3CCNCC3)cc(-c3ccccc3)nc12.Cl. The summed E-state index contributed by atoms with van der Waals surface area (Å²) in [6, 6.07) is 16.6. The molecule has 1 aliphatic rings. The van der Waals surface area contributed by atoms with Gasteiger partial charge in [0.15, 0.2) is 0 Å². The Balaban J connectivity index is 0.00000182. The minimum atomic E-state index is 0. The highest BCUT2D eigenvalue weighted by Crippen LogP contribution is 2.36. The number of nitrogens with one attached hydrogen (secondary N) is 1. The maximum absolute atomic E-state index is 6.57. The van der Waals surface area contributed by atoms with Gasteiger partial charge in [-0.1, -0.05) is 48.0 Å². The third kappa shape index (κ3) is 3.45. The maximum Gasteiger partial charge on any atom is 0.0774 e. The van der Waals surface area contributed by atoms with Gasteiger partial charge < -0.3 is 10.2 Å². The molecule has 0 saturated carbocycles. The van der Waals surface area contributed by atoms with Crippen LogP contribution in [0.2, 0.25) is 5.02 Å². The van der Waals surface area contributed by atoms with Crippen molar-refractivity contribution in [3.63, 3.8) is 0 Å². The van der Waals surface area contributed by atoms with E-state index in [0.717, 1.165) is 58.9 Å². The van der Waals surface area contributed by atoms with Gasteiger partial charge in [-0.3, -0.25) is 0 Å². The number of benzene rings is 2. The first-order chi connectivity index (χ1) is 11.7. The summed E-state index contributed by atoms with van der Waals surface area (Å²) in [6.45, 7) is 6.05. The minimum absolute atomic E-state index is 0. The minimum Gasteiger partial charge on any atom is -0.368 e. The molecule has 0 spiro atoms. The molecular formula is C20H21Cl2N3. The van der Waals surface area contributed by atoms with E-state index < -0.39 is 0 Å². The van der Waals surface area contributed by atoms with E-state index in [2.05, 4.69) is 47.5 Å². The van der Waals surface area contributed by atoms with Crippen LogP contribution in [0.25, 0.3) is 22.2 Å². The zero-order chi connectivity index (χ0) is 16.5. The fourth-order valence-corrected chi connectivity index (χ4v) is 3.57. The van der Waals surface area contributed by atoms with Gasteiger partial charge in [0, 0.05) is 42.8 Å². The normalized spacial score (nSPS) is 14.4. The average Bonchev–Trinajstić information content (AvgIpc) is 2.65. The Kier molecular flexibility index (Phi) is 5.48. The predicted molar refractivity (Wildman–Crippen MR) is 109 cm³/mol. The fourth-order valence-electron chi connectivity index (χ4n) is 3.32. The van der Waals surface area contributed by atoms with E-state index in [-0.39, 0.29) is 12.4 Å². The van der Waals surface area contributed by atoms with Gasteiger partial charge in [-0.2, -0.15) is 0 Å². The Morgan fingerprint density at radius 3 is 2.48 bits per heavy atom. The van der Waals surface area contributed by atoms with E-state index in [1.54, 1.807) is 0 Å². The molecule has 2 heterocycles. The third-order valence-electron chi connectivity index (χ3n) is 4.62. The number of hydrogen-bond acceptors (Lipinski definition) is 3. The number of aryl methyl sites for hydroxylation is 1. The van der Waals surface area contributed by atoms with Crippen molar-refractivity contribution in [2.45, 2.75) is 6.92 Å². The summed E-state index contributed by atoms with van der Waals surface area (Å²) in [5.41, 5.74) is 5.48. The molecule has 5 heteroatoms. The molecular weight excluding hydrogens is 353 g/mol. The van der Waals surface area contributed by atoms with Crippen LogP contribution < -0.4 is 10.2 Å². The second-order valence-electron chi connectivity index (χ2n) is 6.22. The zero-order valence-corrected chi connectivity index (χ0v) is 15.7. The molecule has 3 nitrogen and oxygen atoms in total. The number of anilines is 1. The fraction of sp³-hybridized carbons (Fsp3) is 0.250. The van der Waals surface area contributed by atoms with Gasteiger partial charge in [-0.15, -0.1) is 12.4 Å². The van der Waals surface area contributed by atoms with Crippen LogP contribution in [0.1, 0.15) is 5.56 Å². The Morgan fingerprint density at radius 2 is 1.76 bits per heavy atom. The Bertz CT molecular complexity index is 875. The Labute approximate surface area is 159 Å². The van der Waals surface area contributed by atoms with Crippen molar-refractivity contribution in [3.8, 4) is 11.3 Å². The predicted octanol–water partition coefficient (Wildman–Crippen LogP) is 4.70. The highest BCUT2D eigenvalue weighted by molar-refractivity contribution is 6.36. The van der Waals surface area contributed by atoms with Crippen LogP contribution in [-0.4, -0.2) is 31.2 Å². The molecule has 1 N–H and O–H groups in total. The lowest BCUT2D eigenvalue weighted by atomic mass is 10.0. The smallest absolute Gasteiger partial charge is 0.0774 e. The lowest BCUT2D eigenvalue weighted by Gasteiger charge is -2.31. The average molecular weight is 374 g/mol. The summed E-state index contributed by atoms with van der Waals surface area (Å²) in [7, 11) is 0. The summed E-state index contributed by atoms with van der Waals surface area (Å²) in [4.78, 5) is 7.35. The molecule has 0 unspecified atom stereocenters. The molecule has 0 bridgehead atoms. The van der Waals surface area contributed by atoms with Crippen molar-refractivity contribution >= 4 is 40.6 Å². The van der Waals surface area contributed by atoms with Crippen molar-refractivity contribution in [1.82, 2.24) is 10.3 Å². The van der Waals surface area contributed by atoms with E-state index in [1.807, 2.05) is 18.2 Å². The van der Waals surface area contributed by atoms with Crippen LogP contribution in [0.3, 0.4) is 0 Å². The molecule has 0 aliphatic carbocycles. The molecule has 1 aromatic heterocycles. The summed E-state index contributed by atoms with van der Waals surface area (Å²) in [6.07, 6.45) is 0. The topological polar surface area (TPSA) is 28.2 Å². The monoisotopic (exact) mass is 373 g/mol. The molecule has 4 rings (SSSR count). The van der Waals surface area contributed by atoms with Crippen LogP contribution in [0.5, 0.6) is 0 Å². The number of hydrogen-bond donors (Lipinski definition) is 1. The van der Waals surface area contributed by atoms with E-state index in [4.69, 9.17) is 16.6 Å². The molecule has 1 saturated heterocycles. The van der Waals surface area contributed by atoms with E-state index in [0.29, 0.717) is 0 Å². The molecule has 0 amide bonds. The highest BCUT2D eigenvalue weighted by atomic mass is 35.5. The number of piperazine rings is 1. The van der Waals surface area contributed by atoms with Gasteiger partial charge >= 0.3 is 0 Å². The molecule has 1 aliphatic heterocycles. The summed E-state index contributed by atoms with van der Waals surface area (Å²) < 4.78 is 0. The summed E-state index contributed by atoms with van der Waals surface area (Å²) >= 11 is 6.57. The molecule has 1 fully saturated rings. The summed E-state index contributed by atoms with van der Waals surface area (Å²) in [5.74, 6) is 0. The first-order valence-corrected chi connectivity index (χ1v) is 8.73. The van der Waals surface area contributed by atoms with Crippen LogP contribution >= 0.6 is 24.0 Å². The number of pyridine rings is 1. The van der Waals surface area contributed by atoms with Crippen LogP contribution in [0.15, 0.2) is 48.5 Å². The van der Waals surface area contributed by atoms with E-state index >= 15 is 0 Å². The van der Waals surface area contributed by atoms with Gasteiger partial charge in [0.1, 0.15) is 0 Å². The van der Waals surface area contributed by atoms with Gasteiger partial charge in [-0.05, 0) is 24.6 Å². The molecule has 2 aromatic carbocycles. The maximum atomic E-state index is 6.57. The largest absolute Gasteiger partial charge is 0.368 e. The first-order valence-electron chi connectivity index (χ1n) is 8.35. The van der Waals surface area contributed by atoms with Crippen molar-refractivity contribution in [2.24, 2.45) is 0 Å². The third-order valence-corrected chi connectivity index (χ3v) is 4.93. The molecule has 0 radical (unpaired) electrons. The number of fused-ring (bicyclic) bond motifs is 1. The van der Waals surface area contributed by atoms with Crippen molar-refractivity contribution in [2.75, 3.05) is 31.1 Å². The van der Waals surface area contributed by atoms with E-state index in [9.17, 15) is 0 Å². The van der Waals surface area contributed by atoms with Gasteiger partial charge in [0.25, 0.3) is 0 Å². The van der Waals surface area contributed by atoms with Crippen molar-refractivity contribution in [3.05, 3.63) is 59.1 Å². The zero-order valence-electron chi connectivity index (χ0n) is 14.1. The van der Waals surface area contributed by atoms with E-state index in [1.165, 1.54) is 5.69 Å². The van der Waals surface area contributed by atoms with Gasteiger partial charge in [0.05, 0.1) is 16.2 Å². The number of halogens is 2. The van der Waals surface area contributed by atoms with Gasteiger partial charge in [0.2, 0.25) is 0 Å². The molecule has 130 valence electrons. The Morgan fingerprint density at radius 1 is 1.04 bits per heavy atom. The molecule has 0 atom stereocenters. The second-order valence-corrected chi connectivity index (χ2v) is 6.62. The van der Waals surface area contributed by atoms with Crippen molar-refractivity contribution < 1.29 is 0 Å². The van der Waals surface area contributed by atoms with Crippen molar-refractivity contribution in [1.29, 1.82) is 0 Å². The Hall–Kier alpha value is -1.81. The molecule has 3 aromatic rings. The highest BCUT2D eigenvalue weighted by Gasteiger charge is 2.18. The van der Waals surface area contributed by atoms with Gasteiger partial charge in [-0.25, -0.2) is 4.98 Å². The number of aromatic nitrogens is 1. The van der Waals surface area contributed by atoms with Crippen LogP contribution in [0.4, 0.5) is 5.69 Å². The van der Waals surface area contributed by atoms with Crippen LogP contribution in [-0.2, 0) is 0 Å². The lowest BCUT2D eigenvalue weighted by molar-refractivity contribution is 0.590. The standard InChI is InChI=1S/C20H20ClN3.ClH/c1-14-7-8-16(21)19-18(24-11-9-22-10-12-24)13-17(23-20(14)19)15-5-3-2-4-6-15;/h2-8,13,22H,9-12H2,1H3;1H. The van der Waals surface area contributed by atoms with Crippen LogP contribution in [0, 0.1) is 6.92 Å². The quantitative estimate of drug-likeness (QED) is 0.705. The second kappa shape index (κ2) is 7.61. The number of nitrogens with zero attached hydrogens (tertiary/aromatic N) is 2. The number of rotatable bonds is 2. The first kappa shape index (κ1) is 18.0. The summed E-state index contributed by atoms with van der Waals surface area (Å²) in [5, 5.41) is 5.26.